The molecule has 0 spiro atoms. The molecule has 1 atom stereocenters. The number of hydrogen-bond acceptors (Lipinski definition) is 5. The van der Waals surface area contributed by atoms with Crippen LogP contribution >= 0.6 is 11.3 Å². The SMILES string of the molecule is C[C@](O)(CNC(=O)/C=C\c1ccccc1[N+](=O)[O-])c1ccsc1. The molecular formula is C16H16N2O4S. The lowest BCUT2D eigenvalue weighted by molar-refractivity contribution is -0.385. The molecule has 0 aliphatic rings. The van der Waals surface area contributed by atoms with Gasteiger partial charge in [-0.25, -0.2) is 0 Å². The second-order valence-corrected chi connectivity index (χ2v) is 5.93. The zero-order valence-electron chi connectivity index (χ0n) is 12.4. The van der Waals surface area contributed by atoms with Crippen molar-refractivity contribution in [1.29, 1.82) is 0 Å². The van der Waals surface area contributed by atoms with E-state index in [1.165, 1.54) is 29.6 Å². The van der Waals surface area contributed by atoms with Gasteiger partial charge < -0.3 is 10.4 Å². The molecule has 1 heterocycles. The van der Waals surface area contributed by atoms with Crippen molar-refractivity contribution in [3.8, 4) is 0 Å². The Hall–Kier alpha value is -2.51. The number of nitro benzene ring substituents is 1. The molecule has 0 aliphatic carbocycles. The summed E-state index contributed by atoms with van der Waals surface area (Å²) in [6.45, 7) is 1.66. The molecule has 0 unspecified atom stereocenters. The normalized spacial score (nSPS) is 13.7. The molecule has 120 valence electrons. The summed E-state index contributed by atoms with van der Waals surface area (Å²) in [7, 11) is 0. The number of nitrogens with one attached hydrogen (secondary N) is 1. The van der Waals surface area contributed by atoms with Gasteiger partial charge in [-0.05, 0) is 41.5 Å². The fraction of sp³-hybridized carbons (Fsp3) is 0.188. The number of carbonyl (C=O) groups excluding carboxylic acids is 1. The number of aliphatic hydroxyl groups is 1. The molecule has 2 rings (SSSR count). The number of nitro groups is 1. The summed E-state index contributed by atoms with van der Waals surface area (Å²) in [6.07, 6.45) is 2.60. The Bertz CT molecular complexity index is 723. The van der Waals surface area contributed by atoms with Gasteiger partial charge in [0.1, 0.15) is 5.60 Å². The van der Waals surface area contributed by atoms with Crippen LogP contribution in [0.4, 0.5) is 5.69 Å². The molecule has 2 N–H and O–H groups in total. The number of amides is 1. The average molecular weight is 332 g/mol. The van der Waals surface area contributed by atoms with Gasteiger partial charge >= 0.3 is 0 Å². The smallest absolute Gasteiger partial charge is 0.276 e. The largest absolute Gasteiger partial charge is 0.384 e. The van der Waals surface area contributed by atoms with Gasteiger partial charge in [-0.3, -0.25) is 14.9 Å². The molecule has 0 bridgehead atoms. The van der Waals surface area contributed by atoms with E-state index in [-0.39, 0.29) is 12.2 Å². The summed E-state index contributed by atoms with van der Waals surface area (Å²) in [6, 6.07) is 7.95. The first-order chi connectivity index (χ1) is 10.9. The quantitative estimate of drug-likeness (QED) is 0.483. The molecule has 1 aromatic heterocycles. The van der Waals surface area contributed by atoms with Crippen molar-refractivity contribution in [2.24, 2.45) is 0 Å². The van der Waals surface area contributed by atoms with Crippen LogP contribution in [0.2, 0.25) is 0 Å². The van der Waals surface area contributed by atoms with E-state index in [0.717, 1.165) is 5.56 Å². The van der Waals surface area contributed by atoms with Crippen LogP contribution in [-0.2, 0) is 10.4 Å². The van der Waals surface area contributed by atoms with Gasteiger partial charge in [0.2, 0.25) is 5.91 Å². The van der Waals surface area contributed by atoms with Crippen molar-refractivity contribution in [1.82, 2.24) is 5.32 Å². The van der Waals surface area contributed by atoms with E-state index < -0.39 is 16.4 Å². The molecule has 0 aliphatic heterocycles. The van der Waals surface area contributed by atoms with Crippen LogP contribution in [0.25, 0.3) is 6.08 Å². The van der Waals surface area contributed by atoms with Gasteiger partial charge in [-0.2, -0.15) is 11.3 Å². The van der Waals surface area contributed by atoms with Crippen LogP contribution < -0.4 is 5.32 Å². The molecule has 0 radical (unpaired) electrons. The van der Waals surface area contributed by atoms with Gasteiger partial charge in [0, 0.05) is 12.1 Å². The summed E-state index contributed by atoms with van der Waals surface area (Å²) in [5, 5.41) is 27.4. The van der Waals surface area contributed by atoms with E-state index in [1.807, 2.05) is 10.8 Å². The van der Waals surface area contributed by atoms with Crippen LogP contribution in [0.5, 0.6) is 0 Å². The van der Waals surface area contributed by atoms with Crippen LogP contribution in [0.1, 0.15) is 18.1 Å². The van der Waals surface area contributed by atoms with Crippen molar-refractivity contribution in [2.45, 2.75) is 12.5 Å². The van der Waals surface area contributed by atoms with E-state index in [2.05, 4.69) is 5.32 Å². The van der Waals surface area contributed by atoms with E-state index in [0.29, 0.717) is 5.56 Å². The van der Waals surface area contributed by atoms with E-state index >= 15 is 0 Å². The molecule has 6 nitrogen and oxygen atoms in total. The predicted molar refractivity (Wildman–Crippen MR) is 89.0 cm³/mol. The van der Waals surface area contributed by atoms with E-state index in [4.69, 9.17) is 0 Å². The maximum absolute atomic E-state index is 11.8. The first-order valence-electron chi connectivity index (χ1n) is 6.84. The van der Waals surface area contributed by atoms with E-state index in [9.17, 15) is 20.0 Å². The minimum absolute atomic E-state index is 0.0454. The summed E-state index contributed by atoms with van der Waals surface area (Å²) >= 11 is 1.46. The number of rotatable bonds is 6. The highest BCUT2D eigenvalue weighted by Crippen LogP contribution is 2.22. The number of nitrogens with zero attached hydrogens (tertiary/aromatic N) is 1. The first-order valence-corrected chi connectivity index (χ1v) is 7.79. The molecule has 0 saturated heterocycles. The lowest BCUT2D eigenvalue weighted by Crippen LogP contribution is -2.37. The zero-order valence-corrected chi connectivity index (χ0v) is 13.2. The van der Waals surface area contributed by atoms with Crippen molar-refractivity contribution in [3.63, 3.8) is 0 Å². The van der Waals surface area contributed by atoms with Gasteiger partial charge in [0.05, 0.1) is 17.0 Å². The Kier molecular flexibility index (Phi) is 5.25. The Morgan fingerprint density at radius 1 is 1.43 bits per heavy atom. The Morgan fingerprint density at radius 3 is 2.83 bits per heavy atom. The molecule has 23 heavy (non-hydrogen) atoms. The van der Waals surface area contributed by atoms with Crippen molar-refractivity contribution < 1.29 is 14.8 Å². The summed E-state index contributed by atoms with van der Waals surface area (Å²) in [5.41, 5.74) is -0.160. The molecule has 7 heteroatoms. The fourth-order valence-corrected chi connectivity index (χ4v) is 2.73. The summed E-state index contributed by atoms with van der Waals surface area (Å²) in [5.74, 6) is -0.432. The van der Waals surface area contributed by atoms with Crippen LogP contribution in [0.15, 0.2) is 47.2 Å². The lowest BCUT2D eigenvalue weighted by atomic mass is 9.99. The predicted octanol–water partition coefficient (Wildman–Crippen LogP) is 2.69. The highest BCUT2D eigenvalue weighted by Gasteiger charge is 2.23. The van der Waals surface area contributed by atoms with Gasteiger partial charge in [0.15, 0.2) is 0 Å². The van der Waals surface area contributed by atoms with Crippen molar-refractivity contribution in [2.75, 3.05) is 6.54 Å². The number of para-hydroxylation sites is 1. The average Bonchev–Trinajstić information content (AvgIpc) is 3.06. The van der Waals surface area contributed by atoms with Crippen molar-refractivity contribution >= 4 is 29.0 Å². The third-order valence-electron chi connectivity index (χ3n) is 3.30. The highest BCUT2D eigenvalue weighted by atomic mass is 32.1. The first kappa shape index (κ1) is 16.9. The monoisotopic (exact) mass is 332 g/mol. The minimum Gasteiger partial charge on any atom is -0.384 e. The Labute approximate surface area is 137 Å². The molecule has 0 saturated carbocycles. The molecule has 0 fully saturated rings. The van der Waals surface area contributed by atoms with Crippen LogP contribution in [0, 0.1) is 10.1 Å². The maximum atomic E-state index is 11.8. The van der Waals surface area contributed by atoms with Gasteiger partial charge in [0.25, 0.3) is 5.69 Å². The number of carbonyl (C=O) groups is 1. The third kappa shape index (κ3) is 4.48. The summed E-state index contributed by atoms with van der Waals surface area (Å²) in [4.78, 5) is 22.2. The lowest BCUT2D eigenvalue weighted by Gasteiger charge is -2.22. The zero-order chi connectivity index (χ0) is 16.9. The molecule has 2 aromatic rings. The number of thiophene rings is 1. The number of hydrogen-bond donors (Lipinski definition) is 2. The summed E-state index contributed by atoms with van der Waals surface area (Å²) < 4.78 is 0. The Balaban J connectivity index is 1.99. The third-order valence-corrected chi connectivity index (χ3v) is 3.98. The molecule has 1 amide bonds. The fourth-order valence-electron chi connectivity index (χ4n) is 1.95. The van der Waals surface area contributed by atoms with Crippen LogP contribution in [0.3, 0.4) is 0 Å². The van der Waals surface area contributed by atoms with Crippen LogP contribution in [-0.4, -0.2) is 22.5 Å². The van der Waals surface area contributed by atoms with Gasteiger partial charge in [-0.15, -0.1) is 0 Å². The Morgan fingerprint density at radius 2 is 2.17 bits per heavy atom. The topological polar surface area (TPSA) is 92.5 Å². The standard InChI is InChI=1S/C16H16N2O4S/c1-16(20,13-8-9-23-10-13)11-17-15(19)7-6-12-4-2-3-5-14(12)18(21)22/h2-10,20H,11H2,1H3,(H,17,19)/b7-6-/t16-/m0/s1. The molecular weight excluding hydrogens is 316 g/mol. The second-order valence-electron chi connectivity index (χ2n) is 5.15. The number of benzene rings is 1. The van der Waals surface area contributed by atoms with E-state index in [1.54, 1.807) is 31.2 Å². The second kappa shape index (κ2) is 7.17. The van der Waals surface area contributed by atoms with Gasteiger partial charge in [-0.1, -0.05) is 12.1 Å². The minimum atomic E-state index is -1.16. The highest BCUT2D eigenvalue weighted by molar-refractivity contribution is 7.08. The van der Waals surface area contributed by atoms with Crippen molar-refractivity contribution in [3.05, 3.63) is 68.4 Å². The maximum Gasteiger partial charge on any atom is 0.276 e. The molecule has 1 aromatic carbocycles.